The highest BCUT2D eigenvalue weighted by Gasteiger charge is 2.16. The number of unbranched alkanes of at least 4 members (excludes halogenated alkanes) is 2. The Labute approximate surface area is 119 Å². The second-order valence-electron chi connectivity index (χ2n) is 6.02. The number of Topliss-reactive ketones (excluding diaryl/α,β-unsaturated/α-hetero) is 1. The van der Waals surface area contributed by atoms with Crippen molar-refractivity contribution in [2.45, 2.75) is 78.1 Å². The number of carbonyl (C=O) groups excluding carboxylic acids is 1. The fraction of sp³-hybridized carbons (Fsp3) is 0.941. The third-order valence-corrected chi connectivity index (χ3v) is 4.48. The van der Waals surface area contributed by atoms with Crippen LogP contribution < -0.4 is 0 Å². The average Bonchev–Trinajstić information content (AvgIpc) is 2.45. The van der Waals surface area contributed by atoms with E-state index in [0.717, 1.165) is 44.8 Å². The number of carbonyl (C=O) groups is 1. The van der Waals surface area contributed by atoms with Crippen molar-refractivity contribution >= 4 is 5.78 Å². The molecule has 0 saturated carbocycles. The summed E-state index contributed by atoms with van der Waals surface area (Å²) in [6.45, 7) is 6.24. The van der Waals surface area contributed by atoms with Crippen molar-refractivity contribution in [2.24, 2.45) is 11.8 Å². The van der Waals surface area contributed by atoms with Gasteiger partial charge in [-0.1, -0.05) is 39.5 Å². The fourth-order valence-electron chi connectivity index (χ4n) is 3.01. The fourth-order valence-corrected chi connectivity index (χ4v) is 3.01. The van der Waals surface area contributed by atoms with E-state index in [2.05, 4.69) is 13.8 Å². The molecule has 0 amide bonds. The quantitative estimate of drug-likeness (QED) is 0.534. The molecule has 112 valence electrons. The SMILES string of the molecule is CCCCC(CC)C(=O)CCCCC1CCOCC1. The predicted molar refractivity (Wildman–Crippen MR) is 80.3 cm³/mol. The average molecular weight is 268 g/mol. The van der Waals surface area contributed by atoms with Crippen LogP contribution in [0.4, 0.5) is 0 Å². The Morgan fingerprint density at radius 2 is 1.89 bits per heavy atom. The van der Waals surface area contributed by atoms with Gasteiger partial charge in [-0.05, 0) is 38.0 Å². The Bertz CT molecular complexity index is 231. The lowest BCUT2D eigenvalue weighted by molar-refractivity contribution is -0.123. The molecule has 2 heteroatoms. The first-order valence-electron chi connectivity index (χ1n) is 8.38. The first-order chi connectivity index (χ1) is 9.27. The van der Waals surface area contributed by atoms with Crippen LogP contribution in [0, 0.1) is 11.8 Å². The summed E-state index contributed by atoms with van der Waals surface area (Å²) in [5, 5.41) is 0. The molecule has 19 heavy (non-hydrogen) atoms. The summed E-state index contributed by atoms with van der Waals surface area (Å²) >= 11 is 0. The van der Waals surface area contributed by atoms with E-state index >= 15 is 0 Å². The number of rotatable bonds is 10. The summed E-state index contributed by atoms with van der Waals surface area (Å²) in [7, 11) is 0. The Hall–Kier alpha value is -0.370. The van der Waals surface area contributed by atoms with Gasteiger partial charge in [-0.2, -0.15) is 0 Å². The summed E-state index contributed by atoms with van der Waals surface area (Å²) < 4.78 is 5.37. The topological polar surface area (TPSA) is 26.3 Å². The minimum atomic E-state index is 0.336. The molecule has 1 unspecified atom stereocenters. The van der Waals surface area contributed by atoms with Crippen LogP contribution in [-0.4, -0.2) is 19.0 Å². The molecular weight excluding hydrogens is 236 g/mol. The van der Waals surface area contributed by atoms with Crippen LogP contribution in [-0.2, 0) is 9.53 Å². The van der Waals surface area contributed by atoms with Crippen molar-refractivity contribution in [1.29, 1.82) is 0 Å². The van der Waals surface area contributed by atoms with E-state index in [-0.39, 0.29) is 0 Å². The van der Waals surface area contributed by atoms with Crippen LogP contribution >= 0.6 is 0 Å². The molecule has 1 heterocycles. The Kier molecular flexibility index (Phi) is 9.15. The molecular formula is C17H32O2. The third kappa shape index (κ3) is 7.10. The molecule has 1 saturated heterocycles. The van der Waals surface area contributed by atoms with Gasteiger partial charge in [0.25, 0.3) is 0 Å². The van der Waals surface area contributed by atoms with Crippen LogP contribution in [0.15, 0.2) is 0 Å². The lowest BCUT2D eigenvalue weighted by Crippen LogP contribution is -2.16. The third-order valence-electron chi connectivity index (χ3n) is 4.48. The highest BCUT2D eigenvalue weighted by atomic mass is 16.5. The minimum Gasteiger partial charge on any atom is -0.381 e. The smallest absolute Gasteiger partial charge is 0.135 e. The zero-order chi connectivity index (χ0) is 13.9. The Morgan fingerprint density at radius 3 is 2.53 bits per heavy atom. The second-order valence-corrected chi connectivity index (χ2v) is 6.02. The molecule has 1 fully saturated rings. The van der Waals surface area contributed by atoms with Crippen molar-refractivity contribution in [1.82, 2.24) is 0 Å². The van der Waals surface area contributed by atoms with Gasteiger partial charge in [0.05, 0.1) is 0 Å². The Balaban J connectivity index is 2.07. The van der Waals surface area contributed by atoms with Gasteiger partial charge in [0.2, 0.25) is 0 Å². The van der Waals surface area contributed by atoms with Gasteiger partial charge in [-0.3, -0.25) is 4.79 Å². The van der Waals surface area contributed by atoms with Crippen LogP contribution in [0.25, 0.3) is 0 Å². The van der Waals surface area contributed by atoms with Gasteiger partial charge in [-0.15, -0.1) is 0 Å². The Morgan fingerprint density at radius 1 is 1.16 bits per heavy atom. The molecule has 1 rings (SSSR count). The van der Waals surface area contributed by atoms with E-state index in [1.165, 1.54) is 38.5 Å². The summed E-state index contributed by atoms with van der Waals surface area (Å²) in [5.74, 6) is 1.71. The maximum atomic E-state index is 12.1. The number of ketones is 1. The molecule has 1 aliphatic rings. The predicted octanol–water partition coefficient (Wildman–Crippen LogP) is 4.76. The number of hydrogen-bond acceptors (Lipinski definition) is 2. The molecule has 0 aliphatic carbocycles. The molecule has 0 radical (unpaired) electrons. The van der Waals surface area contributed by atoms with Crippen molar-refractivity contribution in [3.63, 3.8) is 0 Å². The molecule has 0 N–H and O–H groups in total. The second kappa shape index (κ2) is 10.4. The van der Waals surface area contributed by atoms with Crippen LogP contribution in [0.1, 0.15) is 78.1 Å². The summed E-state index contributed by atoms with van der Waals surface area (Å²) in [6, 6.07) is 0. The first kappa shape index (κ1) is 16.7. The van der Waals surface area contributed by atoms with Gasteiger partial charge in [0.15, 0.2) is 0 Å². The van der Waals surface area contributed by atoms with E-state index in [9.17, 15) is 4.79 Å². The highest BCUT2D eigenvalue weighted by Crippen LogP contribution is 2.22. The largest absolute Gasteiger partial charge is 0.381 e. The minimum absolute atomic E-state index is 0.336. The number of hydrogen-bond donors (Lipinski definition) is 0. The maximum Gasteiger partial charge on any atom is 0.135 e. The van der Waals surface area contributed by atoms with Crippen molar-refractivity contribution < 1.29 is 9.53 Å². The van der Waals surface area contributed by atoms with Crippen LogP contribution in [0.5, 0.6) is 0 Å². The van der Waals surface area contributed by atoms with E-state index in [0.29, 0.717) is 11.7 Å². The standard InChI is InChI=1S/C17H32O2/c1-3-5-9-16(4-2)17(18)10-7-6-8-15-11-13-19-14-12-15/h15-16H,3-14H2,1-2H3. The zero-order valence-electron chi connectivity index (χ0n) is 13.0. The van der Waals surface area contributed by atoms with Gasteiger partial charge in [0.1, 0.15) is 5.78 Å². The summed E-state index contributed by atoms with van der Waals surface area (Å²) in [6.07, 6.45) is 11.4. The summed E-state index contributed by atoms with van der Waals surface area (Å²) in [5.41, 5.74) is 0. The highest BCUT2D eigenvalue weighted by molar-refractivity contribution is 5.80. The summed E-state index contributed by atoms with van der Waals surface area (Å²) in [4.78, 5) is 12.1. The van der Waals surface area contributed by atoms with E-state index < -0.39 is 0 Å². The molecule has 1 atom stereocenters. The molecule has 1 aliphatic heterocycles. The van der Waals surface area contributed by atoms with E-state index in [1.54, 1.807) is 0 Å². The van der Waals surface area contributed by atoms with Gasteiger partial charge in [0, 0.05) is 25.6 Å². The van der Waals surface area contributed by atoms with Crippen LogP contribution in [0.2, 0.25) is 0 Å². The molecule has 0 aromatic heterocycles. The van der Waals surface area contributed by atoms with Gasteiger partial charge in [-0.25, -0.2) is 0 Å². The number of ether oxygens (including phenoxy) is 1. The van der Waals surface area contributed by atoms with Gasteiger partial charge < -0.3 is 4.74 Å². The molecule has 2 nitrogen and oxygen atoms in total. The normalized spacial score (nSPS) is 18.4. The zero-order valence-corrected chi connectivity index (χ0v) is 13.0. The molecule has 0 aromatic carbocycles. The van der Waals surface area contributed by atoms with Crippen molar-refractivity contribution in [2.75, 3.05) is 13.2 Å². The maximum absolute atomic E-state index is 12.1. The molecule has 0 bridgehead atoms. The first-order valence-corrected chi connectivity index (χ1v) is 8.38. The van der Waals surface area contributed by atoms with E-state index in [1.807, 2.05) is 0 Å². The van der Waals surface area contributed by atoms with Crippen molar-refractivity contribution in [3.05, 3.63) is 0 Å². The lowest BCUT2D eigenvalue weighted by atomic mass is 9.90. The van der Waals surface area contributed by atoms with Gasteiger partial charge >= 0.3 is 0 Å². The lowest BCUT2D eigenvalue weighted by Gasteiger charge is -2.21. The van der Waals surface area contributed by atoms with Crippen molar-refractivity contribution in [3.8, 4) is 0 Å². The molecule has 0 aromatic rings. The van der Waals surface area contributed by atoms with Crippen LogP contribution in [0.3, 0.4) is 0 Å². The molecule has 0 spiro atoms. The van der Waals surface area contributed by atoms with E-state index in [4.69, 9.17) is 4.74 Å². The monoisotopic (exact) mass is 268 g/mol.